The Labute approximate surface area is 122 Å². The van der Waals surface area contributed by atoms with E-state index in [1.54, 1.807) is 7.05 Å². The van der Waals surface area contributed by atoms with E-state index in [9.17, 15) is 4.79 Å². The van der Waals surface area contributed by atoms with Crippen LogP contribution in [0.15, 0.2) is 18.2 Å². The summed E-state index contributed by atoms with van der Waals surface area (Å²) < 4.78 is 0. The van der Waals surface area contributed by atoms with Gasteiger partial charge in [-0.1, -0.05) is 38.2 Å². The Kier molecular flexibility index (Phi) is 5.45. The van der Waals surface area contributed by atoms with Crippen LogP contribution in [0.3, 0.4) is 0 Å². The van der Waals surface area contributed by atoms with Gasteiger partial charge in [0, 0.05) is 24.3 Å². The van der Waals surface area contributed by atoms with Crippen LogP contribution in [-0.2, 0) is 0 Å². The second kappa shape index (κ2) is 7.32. The molecule has 1 aromatic carbocycles. The van der Waals surface area contributed by atoms with Gasteiger partial charge in [0.15, 0.2) is 0 Å². The Bertz CT molecular complexity index is 448. The third-order valence-electron chi connectivity index (χ3n) is 4.19. The molecule has 0 saturated heterocycles. The van der Waals surface area contributed by atoms with Crippen molar-refractivity contribution in [1.29, 1.82) is 0 Å². The van der Waals surface area contributed by atoms with Crippen molar-refractivity contribution < 1.29 is 4.79 Å². The lowest BCUT2D eigenvalue weighted by molar-refractivity contribution is 0.0963. The van der Waals surface area contributed by atoms with Gasteiger partial charge in [-0.2, -0.15) is 0 Å². The van der Waals surface area contributed by atoms with Crippen molar-refractivity contribution in [2.45, 2.75) is 57.9 Å². The predicted octanol–water partition coefficient (Wildman–Crippen LogP) is 3.88. The van der Waals surface area contributed by atoms with Gasteiger partial charge in [-0.25, -0.2) is 0 Å². The third-order valence-corrected chi connectivity index (χ3v) is 4.19. The molecule has 2 N–H and O–H groups in total. The summed E-state index contributed by atoms with van der Waals surface area (Å²) in [5, 5.41) is 6.34. The molecule has 3 heteroatoms. The fraction of sp³-hybridized carbons (Fsp3) is 0.588. The first-order chi connectivity index (χ1) is 9.70. The zero-order valence-electron chi connectivity index (χ0n) is 12.7. The summed E-state index contributed by atoms with van der Waals surface area (Å²) >= 11 is 0. The molecule has 0 bridgehead atoms. The molecule has 1 amide bonds. The summed E-state index contributed by atoms with van der Waals surface area (Å²) in [4.78, 5) is 11.7. The smallest absolute Gasteiger partial charge is 0.251 e. The molecule has 0 heterocycles. The number of hydrogen-bond acceptors (Lipinski definition) is 2. The van der Waals surface area contributed by atoms with Crippen LogP contribution in [-0.4, -0.2) is 19.0 Å². The molecule has 0 atom stereocenters. The highest BCUT2D eigenvalue weighted by Crippen LogP contribution is 2.23. The topological polar surface area (TPSA) is 41.1 Å². The minimum Gasteiger partial charge on any atom is -0.382 e. The Hall–Kier alpha value is -1.51. The number of amides is 1. The van der Waals surface area contributed by atoms with Gasteiger partial charge in [0.1, 0.15) is 0 Å². The summed E-state index contributed by atoms with van der Waals surface area (Å²) in [6.07, 6.45) is 9.20. The first-order valence-corrected chi connectivity index (χ1v) is 7.80. The van der Waals surface area contributed by atoms with E-state index in [1.807, 2.05) is 18.2 Å². The number of benzene rings is 1. The van der Waals surface area contributed by atoms with Crippen LogP contribution in [0.4, 0.5) is 5.69 Å². The quantitative estimate of drug-likeness (QED) is 0.878. The molecule has 2 rings (SSSR count). The van der Waals surface area contributed by atoms with Crippen LogP contribution in [0.1, 0.15) is 60.9 Å². The molecule has 0 radical (unpaired) electrons. The zero-order chi connectivity index (χ0) is 14.4. The molecule has 1 saturated carbocycles. The van der Waals surface area contributed by atoms with E-state index in [0.29, 0.717) is 6.04 Å². The summed E-state index contributed by atoms with van der Waals surface area (Å²) in [6.45, 7) is 2.10. The molecule has 20 heavy (non-hydrogen) atoms. The number of rotatable bonds is 3. The van der Waals surface area contributed by atoms with E-state index in [1.165, 1.54) is 50.5 Å². The van der Waals surface area contributed by atoms with Crippen molar-refractivity contribution in [1.82, 2.24) is 5.32 Å². The average Bonchev–Trinajstić information content (AvgIpc) is 2.43. The van der Waals surface area contributed by atoms with Crippen molar-refractivity contribution in [2.75, 3.05) is 12.4 Å². The minimum absolute atomic E-state index is 0.0225. The molecule has 0 unspecified atom stereocenters. The van der Waals surface area contributed by atoms with Crippen molar-refractivity contribution in [3.05, 3.63) is 29.3 Å². The maximum atomic E-state index is 11.7. The van der Waals surface area contributed by atoms with E-state index < -0.39 is 0 Å². The van der Waals surface area contributed by atoms with Crippen LogP contribution in [0.5, 0.6) is 0 Å². The maximum Gasteiger partial charge on any atom is 0.251 e. The predicted molar refractivity (Wildman–Crippen MR) is 84.3 cm³/mol. The first kappa shape index (κ1) is 14.9. The average molecular weight is 274 g/mol. The van der Waals surface area contributed by atoms with Crippen LogP contribution in [0.25, 0.3) is 0 Å². The lowest BCUT2D eigenvalue weighted by Crippen LogP contribution is -2.22. The van der Waals surface area contributed by atoms with Gasteiger partial charge in [-0.05, 0) is 37.5 Å². The maximum absolute atomic E-state index is 11.7. The number of carbonyl (C=O) groups excluding carboxylic acids is 1. The highest BCUT2D eigenvalue weighted by molar-refractivity contribution is 5.95. The van der Waals surface area contributed by atoms with Crippen molar-refractivity contribution in [3.63, 3.8) is 0 Å². The largest absolute Gasteiger partial charge is 0.382 e. The van der Waals surface area contributed by atoms with E-state index >= 15 is 0 Å². The number of nitrogens with one attached hydrogen (secondary N) is 2. The van der Waals surface area contributed by atoms with Crippen molar-refractivity contribution >= 4 is 11.6 Å². The van der Waals surface area contributed by atoms with Gasteiger partial charge in [0.05, 0.1) is 0 Å². The van der Waals surface area contributed by atoms with Crippen molar-refractivity contribution in [3.8, 4) is 0 Å². The summed E-state index contributed by atoms with van der Waals surface area (Å²) in [6, 6.07) is 6.44. The molecule has 110 valence electrons. The third kappa shape index (κ3) is 3.99. The highest BCUT2D eigenvalue weighted by atomic mass is 16.1. The molecule has 1 fully saturated rings. The highest BCUT2D eigenvalue weighted by Gasteiger charge is 2.13. The molecule has 3 nitrogen and oxygen atoms in total. The zero-order valence-corrected chi connectivity index (χ0v) is 12.7. The number of anilines is 1. The van der Waals surface area contributed by atoms with E-state index in [4.69, 9.17) is 0 Å². The van der Waals surface area contributed by atoms with Gasteiger partial charge in [-0.3, -0.25) is 4.79 Å². The number of aryl methyl sites for hydroxylation is 1. The Morgan fingerprint density at radius 2 is 1.75 bits per heavy atom. The molecular formula is C17H26N2O. The van der Waals surface area contributed by atoms with E-state index in [2.05, 4.69) is 17.6 Å². The molecule has 0 spiro atoms. The first-order valence-electron chi connectivity index (χ1n) is 7.80. The van der Waals surface area contributed by atoms with E-state index in [0.717, 1.165) is 11.3 Å². The SMILES string of the molecule is CNC(=O)c1ccc(C)c(NC2CCCCCCC2)c1. The Morgan fingerprint density at radius 1 is 1.10 bits per heavy atom. The van der Waals surface area contributed by atoms with Gasteiger partial charge in [0.2, 0.25) is 0 Å². The fourth-order valence-corrected chi connectivity index (χ4v) is 2.88. The molecule has 1 aromatic rings. The monoisotopic (exact) mass is 274 g/mol. The Morgan fingerprint density at radius 3 is 2.40 bits per heavy atom. The molecule has 1 aliphatic carbocycles. The molecular weight excluding hydrogens is 248 g/mol. The molecule has 0 aliphatic heterocycles. The summed E-state index contributed by atoms with van der Waals surface area (Å²) in [7, 11) is 1.67. The Balaban J connectivity index is 2.08. The molecule has 0 aromatic heterocycles. The normalized spacial score (nSPS) is 17.1. The van der Waals surface area contributed by atoms with Crippen LogP contribution >= 0.6 is 0 Å². The van der Waals surface area contributed by atoms with Gasteiger partial charge < -0.3 is 10.6 Å². The fourth-order valence-electron chi connectivity index (χ4n) is 2.88. The van der Waals surface area contributed by atoms with Crippen LogP contribution in [0.2, 0.25) is 0 Å². The van der Waals surface area contributed by atoms with E-state index in [-0.39, 0.29) is 5.91 Å². The number of hydrogen-bond donors (Lipinski definition) is 2. The lowest BCUT2D eigenvalue weighted by atomic mass is 9.96. The second-order valence-electron chi connectivity index (χ2n) is 5.80. The van der Waals surface area contributed by atoms with Crippen molar-refractivity contribution in [2.24, 2.45) is 0 Å². The lowest BCUT2D eigenvalue weighted by Gasteiger charge is -2.23. The van der Waals surface area contributed by atoms with Gasteiger partial charge >= 0.3 is 0 Å². The molecule has 1 aliphatic rings. The van der Waals surface area contributed by atoms with Crippen LogP contribution < -0.4 is 10.6 Å². The second-order valence-corrected chi connectivity index (χ2v) is 5.80. The summed E-state index contributed by atoms with van der Waals surface area (Å²) in [5.74, 6) is -0.0225. The number of carbonyl (C=O) groups is 1. The van der Waals surface area contributed by atoms with Gasteiger partial charge in [-0.15, -0.1) is 0 Å². The van der Waals surface area contributed by atoms with Crippen LogP contribution in [0, 0.1) is 6.92 Å². The van der Waals surface area contributed by atoms with Gasteiger partial charge in [0.25, 0.3) is 5.91 Å². The standard InChI is InChI=1S/C17H26N2O/c1-13-10-11-14(17(20)18-2)12-16(13)19-15-8-6-4-3-5-7-9-15/h10-12,15,19H,3-9H2,1-2H3,(H,18,20). The summed E-state index contributed by atoms with van der Waals surface area (Å²) in [5.41, 5.74) is 3.04. The minimum atomic E-state index is -0.0225.